The highest BCUT2D eigenvalue weighted by Gasteiger charge is 2.18. The van der Waals surface area contributed by atoms with Crippen LogP contribution < -0.4 is 14.2 Å². The van der Waals surface area contributed by atoms with Gasteiger partial charge >= 0.3 is 5.97 Å². The number of carboxylic acid groups (broad SMARTS) is 1. The number of aliphatic carboxylic acids is 1. The Hall–Kier alpha value is -5.04. The Labute approximate surface area is 226 Å². The van der Waals surface area contributed by atoms with Crippen LogP contribution in [0.3, 0.4) is 0 Å². The van der Waals surface area contributed by atoms with Gasteiger partial charge in [0.25, 0.3) is 0 Å². The van der Waals surface area contributed by atoms with Crippen LogP contribution in [0.25, 0.3) is 33.7 Å². The molecule has 0 saturated heterocycles. The Bertz CT molecular complexity index is 1560. The molecule has 0 amide bonds. The van der Waals surface area contributed by atoms with Gasteiger partial charge in [-0.15, -0.1) is 0 Å². The molecule has 4 aromatic carbocycles. The summed E-state index contributed by atoms with van der Waals surface area (Å²) in [6.45, 7) is 1.54. The van der Waals surface area contributed by atoms with E-state index in [9.17, 15) is 4.79 Å². The quantitative estimate of drug-likeness (QED) is 0.211. The summed E-state index contributed by atoms with van der Waals surface area (Å²) >= 11 is 0. The van der Waals surface area contributed by atoms with Crippen molar-refractivity contribution in [3.63, 3.8) is 0 Å². The van der Waals surface area contributed by atoms with Crippen LogP contribution in [0.1, 0.15) is 11.5 Å². The molecule has 0 saturated carbocycles. The molecule has 0 spiro atoms. The van der Waals surface area contributed by atoms with Crippen LogP contribution >= 0.6 is 0 Å². The monoisotopic (exact) mass is 521 g/mol. The molecule has 1 N–H and O–H groups in total. The fourth-order valence-corrected chi connectivity index (χ4v) is 4.17. The lowest BCUT2D eigenvalue weighted by molar-refractivity contribution is -0.139. The van der Waals surface area contributed by atoms with Gasteiger partial charge in [-0.25, -0.2) is 9.78 Å². The summed E-state index contributed by atoms with van der Waals surface area (Å²) in [5.74, 6) is 1.87. The Morgan fingerprint density at radius 2 is 1.44 bits per heavy atom. The first-order valence-corrected chi connectivity index (χ1v) is 12.4. The molecule has 7 heteroatoms. The number of hydrogen-bond donors (Lipinski definition) is 1. The molecule has 0 aliphatic carbocycles. The van der Waals surface area contributed by atoms with E-state index in [1.165, 1.54) is 0 Å². The first-order valence-electron chi connectivity index (χ1n) is 12.4. The van der Waals surface area contributed by atoms with Gasteiger partial charge in [0.15, 0.2) is 19.0 Å². The third-order valence-corrected chi connectivity index (χ3v) is 6.15. The van der Waals surface area contributed by atoms with Crippen molar-refractivity contribution in [2.24, 2.45) is 0 Å². The summed E-state index contributed by atoms with van der Waals surface area (Å²) in [5, 5.41) is 8.84. The second-order valence-electron chi connectivity index (χ2n) is 8.86. The second kappa shape index (κ2) is 11.6. The normalized spacial score (nSPS) is 10.7. The minimum Gasteiger partial charge on any atom is -0.497 e. The van der Waals surface area contributed by atoms with Crippen LogP contribution in [0.4, 0.5) is 0 Å². The van der Waals surface area contributed by atoms with Crippen molar-refractivity contribution >= 4 is 5.97 Å². The van der Waals surface area contributed by atoms with Gasteiger partial charge in [0, 0.05) is 11.1 Å². The fourth-order valence-electron chi connectivity index (χ4n) is 4.17. The number of oxazole rings is 1. The minimum atomic E-state index is -1.03. The predicted molar refractivity (Wildman–Crippen MR) is 148 cm³/mol. The van der Waals surface area contributed by atoms with Gasteiger partial charge in [-0.1, -0.05) is 54.6 Å². The third-order valence-electron chi connectivity index (χ3n) is 6.15. The molecule has 5 aromatic rings. The zero-order valence-electron chi connectivity index (χ0n) is 21.6. The van der Waals surface area contributed by atoms with Crippen molar-refractivity contribution in [1.82, 2.24) is 4.98 Å². The summed E-state index contributed by atoms with van der Waals surface area (Å²) in [4.78, 5) is 15.6. The highest BCUT2D eigenvalue weighted by Crippen LogP contribution is 2.35. The smallest absolute Gasteiger partial charge is 0.341 e. The molecular formula is C32H27NO6. The topological polar surface area (TPSA) is 91.0 Å². The van der Waals surface area contributed by atoms with Gasteiger partial charge < -0.3 is 23.7 Å². The lowest BCUT2D eigenvalue weighted by atomic mass is 10.0. The van der Waals surface area contributed by atoms with Gasteiger partial charge in [-0.2, -0.15) is 0 Å². The summed E-state index contributed by atoms with van der Waals surface area (Å²) < 4.78 is 22.8. The Morgan fingerprint density at radius 1 is 0.795 bits per heavy atom. The molecule has 1 heterocycles. The van der Waals surface area contributed by atoms with E-state index in [0.717, 1.165) is 33.6 Å². The van der Waals surface area contributed by atoms with Crippen LogP contribution in [0.2, 0.25) is 0 Å². The number of benzene rings is 4. The third kappa shape index (κ3) is 6.10. The van der Waals surface area contributed by atoms with Crippen molar-refractivity contribution in [1.29, 1.82) is 0 Å². The molecule has 7 nitrogen and oxygen atoms in total. The zero-order chi connectivity index (χ0) is 27.2. The molecule has 0 atom stereocenters. The molecule has 0 fully saturated rings. The van der Waals surface area contributed by atoms with E-state index in [2.05, 4.69) is 24.3 Å². The SMILES string of the molecule is COc1ccc(-c2nc(COc3ccc(OCC(=O)O)c(C)c3)oc2-c2ccc(-c3ccccc3)cc2)cc1. The summed E-state index contributed by atoms with van der Waals surface area (Å²) in [6.07, 6.45) is 0. The van der Waals surface area contributed by atoms with Gasteiger partial charge in [0.1, 0.15) is 22.9 Å². The summed E-state index contributed by atoms with van der Waals surface area (Å²) in [5.41, 5.74) is 5.51. The van der Waals surface area contributed by atoms with E-state index >= 15 is 0 Å². The zero-order valence-corrected chi connectivity index (χ0v) is 21.6. The van der Waals surface area contributed by atoms with Crippen LogP contribution in [-0.4, -0.2) is 29.8 Å². The van der Waals surface area contributed by atoms with Gasteiger partial charge in [-0.3, -0.25) is 0 Å². The molecule has 0 aliphatic heterocycles. The maximum atomic E-state index is 10.8. The highest BCUT2D eigenvalue weighted by molar-refractivity contribution is 5.78. The van der Waals surface area contributed by atoms with E-state index in [4.69, 9.17) is 28.7 Å². The predicted octanol–water partition coefficient (Wildman–Crippen LogP) is 7.04. The second-order valence-corrected chi connectivity index (χ2v) is 8.86. The maximum Gasteiger partial charge on any atom is 0.341 e. The van der Waals surface area contributed by atoms with Crippen molar-refractivity contribution in [3.8, 4) is 51.0 Å². The Balaban J connectivity index is 1.41. The lowest BCUT2D eigenvalue weighted by Crippen LogP contribution is -2.10. The number of carbonyl (C=O) groups is 1. The van der Waals surface area contributed by atoms with E-state index in [1.54, 1.807) is 25.3 Å². The Morgan fingerprint density at radius 3 is 2.10 bits per heavy atom. The van der Waals surface area contributed by atoms with Crippen LogP contribution in [0.15, 0.2) is 101 Å². The first kappa shape index (κ1) is 25.6. The number of nitrogens with zero attached hydrogens (tertiary/aromatic N) is 1. The van der Waals surface area contributed by atoms with Crippen molar-refractivity contribution in [2.45, 2.75) is 13.5 Å². The van der Waals surface area contributed by atoms with Gasteiger partial charge in [0.2, 0.25) is 5.89 Å². The van der Waals surface area contributed by atoms with Crippen molar-refractivity contribution < 1.29 is 28.5 Å². The first-order chi connectivity index (χ1) is 19.0. The molecule has 0 aliphatic rings. The lowest BCUT2D eigenvalue weighted by Gasteiger charge is -2.09. The van der Waals surface area contributed by atoms with Crippen LogP contribution in [-0.2, 0) is 11.4 Å². The number of ether oxygens (including phenoxy) is 3. The van der Waals surface area contributed by atoms with Gasteiger partial charge in [-0.05, 0) is 66.1 Å². The average molecular weight is 522 g/mol. The highest BCUT2D eigenvalue weighted by atomic mass is 16.5. The van der Waals surface area contributed by atoms with Gasteiger partial charge in [0.05, 0.1) is 7.11 Å². The summed E-state index contributed by atoms with van der Waals surface area (Å²) in [7, 11) is 1.63. The molecule has 196 valence electrons. The average Bonchev–Trinajstić information content (AvgIpc) is 3.40. The number of aryl methyl sites for hydroxylation is 1. The molecule has 39 heavy (non-hydrogen) atoms. The largest absolute Gasteiger partial charge is 0.497 e. The minimum absolute atomic E-state index is 0.111. The molecule has 0 unspecified atom stereocenters. The maximum absolute atomic E-state index is 10.8. The molecule has 1 aromatic heterocycles. The number of hydrogen-bond acceptors (Lipinski definition) is 6. The summed E-state index contributed by atoms with van der Waals surface area (Å²) in [6, 6.07) is 31.2. The number of carboxylic acids is 1. The van der Waals surface area contributed by atoms with Crippen LogP contribution in [0.5, 0.6) is 17.2 Å². The standard InChI is InChI=1S/C32H27NO6/c1-21-18-27(16-17-28(21)38-20-30(34)35)37-19-29-33-31(24-12-14-26(36-2)15-13-24)32(39-29)25-10-8-23(9-11-25)22-6-4-3-5-7-22/h3-18H,19-20H2,1-2H3,(H,34,35). The molecular weight excluding hydrogens is 494 g/mol. The molecule has 0 bridgehead atoms. The Kier molecular flexibility index (Phi) is 7.59. The number of aromatic nitrogens is 1. The van der Waals surface area contributed by atoms with Crippen molar-refractivity contribution in [2.75, 3.05) is 13.7 Å². The van der Waals surface area contributed by atoms with E-state index in [1.807, 2.05) is 61.5 Å². The van der Waals surface area contributed by atoms with Crippen LogP contribution in [0, 0.1) is 6.92 Å². The van der Waals surface area contributed by atoms with E-state index < -0.39 is 12.6 Å². The van der Waals surface area contributed by atoms with Crippen molar-refractivity contribution in [3.05, 3.63) is 109 Å². The molecule has 0 radical (unpaired) electrons. The fraction of sp³-hybridized carbons (Fsp3) is 0.125. The number of methoxy groups -OCH3 is 1. The van der Waals surface area contributed by atoms with E-state index in [-0.39, 0.29) is 6.61 Å². The van der Waals surface area contributed by atoms with E-state index in [0.29, 0.717) is 28.8 Å². The number of rotatable bonds is 10. The molecule has 5 rings (SSSR count).